The zero-order valence-corrected chi connectivity index (χ0v) is 3.10. The molecule has 0 radical (unpaired) electrons. The predicted molar refractivity (Wildman–Crippen MR) is 16.9 cm³/mol. The summed E-state index contributed by atoms with van der Waals surface area (Å²) >= 11 is 0. The molecule has 0 bridgehead atoms. The highest BCUT2D eigenvalue weighted by Crippen LogP contribution is 2.17. The van der Waals surface area contributed by atoms with Gasteiger partial charge in [-0.1, -0.05) is 0 Å². The molecule has 0 aliphatic carbocycles. The number of halogens is 1. The van der Waals surface area contributed by atoms with Crippen molar-refractivity contribution in [2.45, 2.75) is 12.4 Å². The lowest BCUT2D eigenvalue weighted by Crippen LogP contribution is -1.91. The molecule has 1 rings (SSSR count). The molecule has 1 aliphatic heterocycles. The molecule has 0 amide bonds. The molecule has 1 aliphatic rings. The molecule has 0 aromatic carbocycles. The monoisotopic (exact) mass is 92.0 g/mol. The number of aliphatic hydroxyl groups is 1. The van der Waals surface area contributed by atoms with Gasteiger partial charge in [0.2, 0.25) is 0 Å². The SMILES string of the molecule is OC1OC1CF. The standard InChI is InChI=1S/C3H5FO2/c4-1-2-3(5)6-2/h2-3,5H,1H2. The fourth-order valence-electron chi connectivity index (χ4n) is 0.246. The van der Waals surface area contributed by atoms with Gasteiger partial charge in [-0.2, -0.15) is 0 Å². The molecular formula is C3H5FO2. The summed E-state index contributed by atoms with van der Waals surface area (Å²) in [5.41, 5.74) is 0. The Hall–Kier alpha value is -0.150. The van der Waals surface area contributed by atoms with Gasteiger partial charge < -0.3 is 9.84 Å². The van der Waals surface area contributed by atoms with E-state index in [4.69, 9.17) is 5.11 Å². The second-order valence-electron chi connectivity index (χ2n) is 1.22. The summed E-state index contributed by atoms with van der Waals surface area (Å²) < 4.78 is 15.4. The Labute approximate surface area is 34.5 Å². The van der Waals surface area contributed by atoms with Crippen molar-refractivity contribution in [2.24, 2.45) is 0 Å². The Morgan fingerprint density at radius 1 is 1.83 bits per heavy atom. The first-order valence-corrected chi connectivity index (χ1v) is 1.74. The van der Waals surface area contributed by atoms with Gasteiger partial charge in [0.1, 0.15) is 12.8 Å². The van der Waals surface area contributed by atoms with Gasteiger partial charge in [0, 0.05) is 0 Å². The van der Waals surface area contributed by atoms with Crippen LogP contribution in [-0.2, 0) is 4.74 Å². The number of aliphatic hydroxyl groups excluding tert-OH is 1. The highest BCUT2D eigenvalue weighted by molar-refractivity contribution is 4.72. The van der Waals surface area contributed by atoms with E-state index in [0.29, 0.717) is 0 Å². The largest absolute Gasteiger partial charge is 0.366 e. The maximum Gasteiger partial charge on any atom is 0.184 e. The van der Waals surface area contributed by atoms with Crippen LogP contribution in [-0.4, -0.2) is 24.2 Å². The van der Waals surface area contributed by atoms with Gasteiger partial charge in [-0.05, 0) is 0 Å². The van der Waals surface area contributed by atoms with Crippen LogP contribution in [0.1, 0.15) is 0 Å². The smallest absolute Gasteiger partial charge is 0.184 e. The third kappa shape index (κ3) is 0.507. The second-order valence-corrected chi connectivity index (χ2v) is 1.22. The van der Waals surface area contributed by atoms with Crippen molar-refractivity contribution < 1.29 is 14.2 Å². The Bertz CT molecular complexity index is 54.8. The van der Waals surface area contributed by atoms with Crippen molar-refractivity contribution in [2.75, 3.05) is 6.67 Å². The minimum absolute atomic E-state index is 0.509. The second kappa shape index (κ2) is 1.17. The normalized spacial score (nSPS) is 43.0. The topological polar surface area (TPSA) is 32.8 Å². The first-order valence-electron chi connectivity index (χ1n) is 1.74. The first kappa shape index (κ1) is 4.02. The quantitative estimate of drug-likeness (QED) is 0.449. The maximum absolute atomic E-state index is 11.1. The van der Waals surface area contributed by atoms with E-state index in [0.717, 1.165) is 0 Å². The van der Waals surface area contributed by atoms with Crippen LogP contribution in [0.5, 0.6) is 0 Å². The van der Waals surface area contributed by atoms with Crippen molar-refractivity contribution in [3.8, 4) is 0 Å². The van der Waals surface area contributed by atoms with Crippen molar-refractivity contribution in [3.63, 3.8) is 0 Å². The summed E-state index contributed by atoms with van der Waals surface area (Å²) in [5.74, 6) is 0. The molecule has 6 heavy (non-hydrogen) atoms. The van der Waals surface area contributed by atoms with Crippen molar-refractivity contribution >= 4 is 0 Å². The fourth-order valence-corrected chi connectivity index (χ4v) is 0.246. The Morgan fingerprint density at radius 2 is 2.33 bits per heavy atom. The molecule has 0 saturated carbocycles. The highest BCUT2D eigenvalue weighted by atomic mass is 19.1. The highest BCUT2D eigenvalue weighted by Gasteiger charge is 2.36. The van der Waals surface area contributed by atoms with Crippen LogP contribution in [0.3, 0.4) is 0 Å². The maximum atomic E-state index is 11.1. The molecule has 1 fully saturated rings. The number of alkyl halides is 1. The first-order chi connectivity index (χ1) is 2.84. The van der Waals surface area contributed by atoms with Gasteiger partial charge >= 0.3 is 0 Å². The molecular weight excluding hydrogens is 87.0 g/mol. The number of ether oxygens (including phenoxy) is 1. The average molecular weight is 92.1 g/mol. The van der Waals surface area contributed by atoms with E-state index in [2.05, 4.69) is 4.74 Å². The molecule has 1 saturated heterocycles. The van der Waals surface area contributed by atoms with E-state index >= 15 is 0 Å². The van der Waals surface area contributed by atoms with Gasteiger partial charge in [-0.3, -0.25) is 0 Å². The Kier molecular flexibility index (Phi) is 0.782. The van der Waals surface area contributed by atoms with E-state index in [1.807, 2.05) is 0 Å². The van der Waals surface area contributed by atoms with Gasteiger partial charge in [-0.15, -0.1) is 0 Å². The summed E-state index contributed by atoms with van der Waals surface area (Å²) in [4.78, 5) is 0. The number of rotatable bonds is 1. The molecule has 3 heteroatoms. The molecule has 1 N–H and O–H groups in total. The number of hydrogen-bond acceptors (Lipinski definition) is 2. The molecule has 2 unspecified atom stereocenters. The van der Waals surface area contributed by atoms with E-state index in [9.17, 15) is 4.39 Å². The molecule has 36 valence electrons. The zero-order valence-electron chi connectivity index (χ0n) is 3.10. The zero-order chi connectivity index (χ0) is 4.57. The van der Waals surface area contributed by atoms with E-state index in [1.165, 1.54) is 0 Å². The number of hydrogen-bond donors (Lipinski definition) is 1. The van der Waals surface area contributed by atoms with Gasteiger partial charge in [-0.25, -0.2) is 4.39 Å². The lowest BCUT2D eigenvalue weighted by Gasteiger charge is -1.68. The summed E-state index contributed by atoms with van der Waals surface area (Å²) in [5, 5.41) is 8.16. The van der Waals surface area contributed by atoms with E-state index in [-0.39, 0.29) is 0 Å². The Balaban J connectivity index is 2.09. The van der Waals surface area contributed by atoms with Crippen LogP contribution in [0.15, 0.2) is 0 Å². The predicted octanol–water partition coefficient (Wildman–Crippen LogP) is -0.327. The summed E-state index contributed by atoms with van der Waals surface area (Å²) in [6.45, 7) is -0.568. The van der Waals surface area contributed by atoms with Crippen molar-refractivity contribution in [3.05, 3.63) is 0 Å². The molecule has 1 heterocycles. The minimum atomic E-state index is -0.810. The van der Waals surface area contributed by atoms with Crippen LogP contribution < -0.4 is 0 Å². The van der Waals surface area contributed by atoms with Crippen molar-refractivity contribution in [1.29, 1.82) is 0 Å². The third-order valence-electron chi connectivity index (χ3n) is 0.708. The van der Waals surface area contributed by atoms with Crippen LogP contribution >= 0.6 is 0 Å². The lowest BCUT2D eigenvalue weighted by atomic mass is 10.5. The molecule has 2 nitrogen and oxygen atoms in total. The van der Waals surface area contributed by atoms with Crippen LogP contribution in [0.4, 0.5) is 4.39 Å². The fraction of sp³-hybridized carbons (Fsp3) is 1.00. The van der Waals surface area contributed by atoms with Crippen LogP contribution in [0.2, 0.25) is 0 Å². The van der Waals surface area contributed by atoms with Crippen LogP contribution in [0, 0.1) is 0 Å². The lowest BCUT2D eigenvalue weighted by molar-refractivity contribution is 0.155. The summed E-state index contributed by atoms with van der Waals surface area (Å²) in [6.07, 6.45) is -1.32. The molecule has 0 spiro atoms. The average Bonchev–Trinajstić information content (AvgIpc) is 2.19. The van der Waals surface area contributed by atoms with Gasteiger partial charge in [0.25, 0.3) is 0 Å². The van der Waals surface area contributed by atoms with Crippen molar-refractivity contribution in [1.82, 2.24) is 0 Å². The third-order valence-corrected chi connectivity index (χ3v) is 0.708. The van der Waals surface area contributed by atoms with Crippen LogP contribution in [0.25, 0.3) is 0 Å². The number of epoxide rings is 1. The summed E-state index contributed by atoms with van der Waals surface area (Å²) in [6, 6.07) is 0. The van der Waals surface area contributed by atoms with E-state index in [1.54, 1.807) is 0 Å². The molecule has 0 aromatic heterocycles. The molecule has 0 aromatic rings. The van der Waals surface area contributed by atoms with E-state index < -0.39 is 19.1 Å². The summed E-state index contributed by atoms with van der Waals surface area (Å²) in [7, 11) is 0. The van der Waals surface area contributed by atoms with Gasteiger partial charge in [0.05, 0.1) is 0 Å². The molecule has 2 atom stereocenters. The minimum Gasteiger partial charge on any atom is -0.366 e. The van der Waals surface area contributed by atoms with Gasteiger partial charge in [0.15, 0.2) is 6.29 Å². The Morgan fingerprint density at radius 3 is 2.33 bits per heavy atom.